The molecule has 164 valence electrons. The number of nitrogens with zero attached hydrogens (tertiary/aromatic N) is 2. The van der Waals surface area contributed by atoms with E-state index in [1.807, 2.05) is 6.92 Å². The number of rotatable bonds is 7. The summed E-state index contributed by atoms with van der Waals surface area (Å²) in [7, 11) is 0. The van der Waals surface area contributed by atoms with Crippen LogP contribution in [0.15, 0.2) is 36.9 Å². The maximum absolute atomic E-state index is 11.1. The Morgan fingerprint density at radius 2 is 2.03 bits per heavy atom. The molecule has 3 atom stereocenters. The zero-order chi connectivity index (χ0) is 21.7. The van der Waals surface area contributed by atoms with E-state index in [-0.39, 0.29) is 5.41 Å². The van der Waals surface area contributed by atoms with Crippen molar-refractivity contribution in [1.82, 2.24) is 9.97 Å². The maximum atomic E-state index is 11.1. The fraction of sp³-hybridized carbons (Fsp3) is 0.556. The highest BCUT2D eigenvalue weighted by atomic mass is 16.5. The van der Waals surface area contributed by atoms with Crippen LogP contribution in [-0.4, -0.2) is 20.7 Å². The molecule has 0 spiro atoms. The van der Waals surface area contributed by atoms with Crippen molar-refractivity contribution in [2.45, 2.75) is 89.3 Å². The first kappa shape index (κ1) is 21.8. The van der Waals surface area contributed by atoms with Gasteiger partial charge < -0.3 is 9.84 Å². The Morgan fingerprint density at radius 1 is 1.19 bits per heavy atom. The van der Waals surface area contributed by atoms with E-state index < -0.39 is 5.60 Å². The summed E-state index contributed by atoms with van der Waals surface area (Å²) >= 11 is 0. The van der Waals surface area contributed by atoms with Gasteiger partial charge in [-0.15, -0.1) is 5.92 Å². The molecule has 4 heteroatoms. The van der Waals surface area contributed by atoms with E-state index in [1.165, 1.54) is 43.1 Å². The molecule has 1 aromatic heterocycles. The number of fused-ring (bicyclic) bond motifs is 3. The highest BCUT2D eigenvalue weighted by Crippen LogP contribution is 2.55. The minimum atomic E-state index is -0.814. The summed E-state index contributed by atoms with van der Waals surface area (Å²) in [6.45, 7) is 4.58. The highest BCUT2D eigenvalue weighted by Gasteiger charge is 2.50. The second-order valence-corrected chi connectivity index (χ2v) is 9.31. The van der Waals surface area contributed by atoms with Crippen molar-refractivity contribution in [2.24, 2.45) is 5.92 Å². The second-order valence-electron chi connectivity index (χ2n) is 9.31. The van der Waals surface area contributed by atoms with Crippen molar-refractivity contribution in [1.29, 1.82) is 0 Å². The normalized spacial score (nSPS) is 26.9. The van der Waals surface area contributed by atoms with E-state index in [0.29, 0.717) is 12.5 Å². The summed E-state index contributed by atoms with van der Waals surface area (Å²) < 4.78 is 6.05. The Morgan fingerprint density at radius 3 is 2.81 bits per heavy atom. The van der Waals surface area contributed by atoms with Gasteiger partial charge in [0.2, 0.25) is 0 Å². The number of hydrogen-bond acceptors (Lipinski definition) is 4. The van der Waals surface area contributed by atoms with Gasteiger partial charge in [0.1, 0.15) is 24.3 Å². The molecule has 2 aromatic rings. The van der Waals surface area contributed by atoms with Gasteiger partial charge in [0.15, 0.2) is 0 Å². The van der Waals surface area contributed by atoms with Crippen LogP contribution in [0.5, 0.6) is 5.75 Å². The number of hydrogen-bond donors (Lipinski definition) is 1. The number of unbranched alkanes of at least 4 members (excludes halogenated alkanes) is 2. The van der Waals surface area contributed by atoms with Crippen LogP contribution >= 0.6 is 0 Å². The van der Waals surface area contributed by atoms with Gasteiger partial charge in [-0.3, -0.25) is 0 Å². The molecule has 2 aliphatic carbocycles. The molecule has 1 aromatic carbocycles. The number of ether oxygens (including phenoxy) is 1. The average Bonchev–Trinajstić information content (AvgIpc) is 2.79. The van der Waals surface area contributed by atoms with Gasteiger partial charge in [-0.2, -0.15) is 0 Å². The van der Waals surface area contributed by atoms with Crippen LogP contribution in [0.2, 0.25) is 0 Å². The van der Waals surface area contributed by atoms with Gasteiger partial charge in [0.25, 0.3) is 0 Å². The third-order valence-corrected chi connectivity index (χ3v) is 7.33. The minimum absolute atomic E-state index is 0.163. The van der Waals surface area contributed by atoms with Crippen molar-refractivity contribution >= 4 is 0 Å². The van der Waals surface area contributed by atoms with Crippen LogP contribution in [0.1, 0.15) is 81.9 Å². The molecular formula is C27H34N2O2. The largest absolute Gasteiger partial charge is 0.489 e. The number of benzene rings is 1. The summed E-state index contributed by atoms with van der Waals surface area (Å²) in [5.41, 5.74) is 3.23. The molecule has 1 fully saturated rings. The van der Waals surface area contributed by atoms with Crippen LogP contribution < -0.4 is 4.74 Å². The fourth-order valence-corrected chi connectivity index (χ4v) is 5.83. The molecule has 2 aliphatic rings. The molecule has 4 rings (SSSR count). The van der Waals surface area contributed by atoms with Crippen LogP contribution in [0.3, 0.4) is 0 Å². The van der Waals surface area contributed by atoms with Crippen LogP contribution in [0.25, 0.3) is 0 Å². The van der Waals surface area contributed by atoms with Gasteiger partial charge in [0.05, 0.1) is 0 Å². The Kier molecular flexibility index (Phi) is 6.62. The lowest BCUT2D eigenvalue weighted by atomic mass is 9.53. The topological polar surface area (TPSA) is 55.2 Å². The zero-order valence-corrected chi connectivity index (χ0v) is 18.9. The quantitative estimate of drug-likeness (QED) is 0.485. The predicted molar refractivity (Wildman–Crippen MR) is 123 cm³/mol. The molecule has 1 saturated carbocycles. The minimum Gasteiger partial charge on any atom is -0.489 e. The summed E-state index contributed by atoms with van der Waals surface area (Å²) in [4.78, 5) is 8.12. The van der Waals surface area contributed by atoms with Gasteiger partial charge in [0, 0.05) is 18.0 Å². The zero-order valence-electron chi connectivity index (χ0n) is 18.9. The van der Waals surface area contributed by atoms with Crippen LogP contribution in [0, 0.1) is 17.8 Å². The monoisotopic (exact) mass is 418 g/mol. The lowest BCUT2D eigenvalue weighted by molar-refractivity contribution is -0.0115. The van der Waals surface area contributed by atoms with E-state index >= 15 is 0 Å². The molecule has 0 saturated heterocycles. The molecule has 4 nitrogen and oxygen atoms in total. The third kappa shape index (κ3) is 4.62. The van der Waals surface area contributed by atoms with E-state index in [0.717, 1.165) is 43.4 Å². The van der Waals surface area contributed by atoms with Crippen molar-refractivity contribution in [3.63, 3.8) is 0 Å². The van der Waals surface area contributed by atoms with E-state index in [9.17, 15) is 5.11 Å². The van der Waals surface area contributed by atoms with Crippen molar-refractivity contribution in [2.75, 3.05) is 0 Å². The summed E-state index contributed by atoms with van der Waals surface area (Å²) in [5, 5.41) is 11.1. The molecule has 1 N–H and O–H groups in total. The lowest BCUT2D eigenvalue weighted by Gasteiger charge is -2.52. The molecule has 31 heavy (non-hydrogen) atoms. The lowest BCUT2D eigenvalue weighted by Crippen LogP contribution is -2.49. The van der Waals surface area contributed by atoms with Gasteiger partial charge in [-0.25, -0.2) is 9.97 Å². The molecular weight excluding hydrogens is 384 g/mol. The van der Waals surface area contributed by atoms with Crippen LogP contribution in [0.4, 0.5) is 0 Å². The first-order chi connectivity index (χ1) is 15.1. The van der Waals surface area contributed by atoms with Gasteiger partial charge in [-0.05, 0) is 80.0 Å². The van der Waals surface area contributed by atoms with E-state index in [4.69, 9.17) is 4.74 Å². The van der Waals surface area contributed by atoms with Gasteiger partial charge >= 0.3 is 0 Å². The first-order valence-electron chi connectivity index (χ1n) is 11.7. The SMILES string of the molecule is CC#C[C@@]1(O)CC[C@@]2(CCCCC)c3ccc(OCc4cncnc4)cc3CC[C@@H]2C1. The molecule has 0 unspecified atom stereocenters. The highest BCUT2D eigenvalue weighted by molar-refractivity contribution is 5.44. The summed E-state index contributed by atoms with van der Waals surface area (Å²) in [6, 6.07) is 6.67. The molecule has 0 bridgehead atoms. The Hall–Kier alpha value is -2.38. The second kappa shape index (κ2) is 9.40. The molecule has 1 heterocycles. The van der Waals surface area contributed by atoms with E-state index in [1.54, 1.807) is 12.4 Å². The smallest absolute Gasteiger partial charge is 0.125 e. The summed E-state index contributed by atoms with van der Waals surface area (Å²) in [5.74, 6) is 7.49. The Labute approximate surface area is 186 Å². The standard InChI is InChI=1S/C27H34N2O2/c1-3-5-6-12-27-14-13-26(30,11-4-2)16-23(27)8-7-22-15-24(9-10-25(22)27)31-19-21-17-28-20-29-18-21/h9-10,15,17-18,20,23,30H,3,5-8,12-14,16,19H2,1-2H3/t23-,26-,27-/m1/s1. The number of aliphatic hydroxyl groups is 1. The maximum Gasteiger partial charge on any atom is 0.125 e. The summed E-state index contributed by atoms with van der Waals surface area (Å²) in [6.07, 6.45) is 14.8. The van der Waals surface area contributed by atoms with Crippen molar-refractivity contribution < 1.29 is 9.84 Å². The van der Waals surface area contributed by atoms with E-state index in [2.05, 4.69) is 46.9 Å². The molecule has 0 aliphatic heterocycles. The third-order valence-electron chi connectivity index (χ3n) is 7.33. The number of aryl methyl sites for hydroxylation is 1. The number of aromatic nitrogens is 2. The van der Waals surface area contributed by atoms with Gasteiger partial charge in [-0.1, -0.05) is 38.2 Å². The Bertz CT molecular complexity index is 949. The fourth-order valence-electron chi connectivity index (χ4n) is 5.83. The van der Waals surface area contributed by atoms with Crippen molar-refractivity contribution in [3.8, 4) is 17.6 Å². The average molecular weight is 419 g/mol. The molecule has 0 radical (unpaired) electrons. The first-order valence-corrected chi connectivity index (χ1v) is 11.7. The van der Waals surface area contributed by atoms with Crippen molar-refractivity contribution in [3.05, 3.63) is 53.6 Å². The molecule has 0 amide bonds. The Balaban J connectivity index is 1.59. The predicted octanol–water partition coefficient (Wildman–Crippen LogP) is 5.37. The van der Waals surface area contributed by atoms with Crippen LogP contribution in [-0.2, 0) is 18.4 Å².